The van der Waals surface area contributed by atoms with E-state index in [4.69, 9.17) is 15.5 Å². The highest BCUT2D eigenvalue weighted by Gasteiger charge is 2.12. The lowest BCUT2D eigenvalue weighted by atomic mass is 10.1. The second-order valence-electron chi connectivity index (χ2n) is 8.33. The van der Waals surface area contributed by atoms with E-state index < -0.39 is 6.09 Å². The summed E-state index contributed by atoms with van der Waals surface area (Å²) in [6.07, 6.45) is -0.582. The van der Waals surface area contributed by atoms with Crippen molar-refractivity contribution in [1.29, 1.82) is 0 Å². The number of rotatable bonds is 4. The van der Waals surface area contributed by atoms with E-state index in [1.807, 2.05) is 80.6 Å². The Morgan fingerprint density at radius 3 is 2.06 bits per heavy atom. The fourth-order valence-corrected chi connectivity index (χ4v) is 4.17. The minimum Gasteiger partial charge on any atom is -0.410 e. The number of nitrogens with zero attached hydrogens (tertiary/aromatic N) is 1. The zero-order valence-corrected chi connectivity index (χ0v) is 18.9. The number of aryl methyl sites for hydroxylation is 2. The Morgan fingerprint density at radius 1 is 0.794 bits per heavy atom. The largest absolute Gasteiger partial charge is 0.417 e. The first-order valence-electron chi connectivity index (χ1n) is 11.0. The van der Waals surface area contributed by atoms with Crippen LogP contribution in [0.5, 0.6) is 5.75 Å². The minimum absolute atomic E-state index is 0.340. The fraction of sp³-hybridized carbons (Fsp3) is 0.0714. The topological polar surface area (TPSA) is 89.3 Å². The van der Waals surface area contributed by atoms with Crippen molar-refractivity contribution < 1.29 is 9.53 Å². The second-order valence-corrected chi connectivity index (χ2v) is 8.33. The zero-order valence-electron chi connectivity index (χ0n) is 18.9. The number of pyridine rings is 1. The molecular weight excluding hydrogens is 424 g/mol. The molecule has 0 fully saturated rings. The molecule has 6 nitrogen and oxygen atoms in total. The summed E-state index contributed by atoms with van der Waals surface area (Å²) in [7, 11) is 0. The Labute approximate surface area is 197 Å². The molecule has 0 spiro atoms. The van der Waals surface area contributed by atoms with Gasteiger partial charge in [-0.05, 0) is 55.3 Å². The number of amides is 1. The molecule has 1 amide bonds. The number of carbonyl (C=O) groups excluding carboxylic acids is 1. The molecule has 5 aromatic rings. The van der Waals surface area contributed by atoms with Crippen LogP contribution in [0.3, 0.4) is 0 Å². The van der Waals surface area contributed by atoms with Gasteiger partial charge in [0.25, 0.3) is 0 Å². The third-order valence-corrected chi connectivity index (χ3v) is 5.46. The van der Waals surface area contributed by atoms with Gasteiger partial charge in [0.1, 0.15) is 5.75 Å². The summed E-state index contributed by atoms with van der Waals surface area (Å²) in [4.78, 5) is 17.3. The molecular formula is C28H24N4O2. The van der Waals surface area contributed by atoms with E-state index in [1.54, 1.807) is 18.2 Å². The molecule has 0 unspecified atom stereocenters. The van der Waals surface area contributed by atoms with Crippen molar-refractivity contribution in [3.63, 3.8) is 0 Å². The number of hydrogen-bond donors (Lipinski definition) is 3. The van der Waals surface area contributed by atoms with E-state index in [0.717, 1.165) is 38.6 Å². The smallest absolute Gasteiger partial charge is 0.410 e. The molecule has 0 saturated heterocycles. The third-order valence-electron chi connectivity index (χ3n) is 5.46. The number of fused-ring (bicyclic) bond motifs is 2. The first-order chi connectivity index (χ1) is 16.4. The van der Waals surface area contributed by atoms with Gasteiger partial charge in [0.2, 0.25) is 0 Å². The number of nitrogens with one attached hydrogen (secondary N) is 2. The maximum atomic E-state index is 12.5. The molecule has 1 heterocycles. The highest BCUT2D eigenvalue weighted by Crippen LogP contribution is 2.34. The van der Waals surface area contributed by atoms with Crippen LogP contribution >= 0.6 is 0 Å². The number of anilines is 4. The van der Waals surface area contributed by atoms with Crippen LogP contribution in [0.2, 0.25) is 0 Å². The highest BCUT2D eigenvalue weighted by molar-refractivity contribution is 6.08. The summed E-state index contributed by atoms with van der Waals surface area (Å²) in [6.45, 7) is 3.96. The molecule has 0 bridgehead atoms. The standard InChI is InChI=1S/C28H24N4O2/c1-17-11-18(2)13-20(12-17)31-28(33)34-22-15-19(29)14-21(16-22)30-27-23-7-3-5-9-25(23)32-26-10-6-4-8-24(26)27/h3-16H,29H2,1-2H3,(H,30,32)(H,31,33). The number of carbonyl (C=O) groups is 1. The average molecular weight is 449 g/mol. The van der Waals surface area contributed by atoms with E-state index in [-0.39, 0.29) is 0 Å². The Hall–Kier alpha value is -4.58. The first kappa shape index (κ1) is 21.3. The maximum absolute atomic E-state index is 12.5. The molecule has 34 heavy (non-hydrogen) atoms. The molecule has 0 aliphatic heterocycles. The van der Waals surface area contributed by atoms with Crippen molar-refractivity contribution in [1.82, 2.24) is 4.98 Å². The predicted octanol–water partition coefficient (Wildman–Crippen LogP) is 6.94. The van der Waals surface area contributed by atoms with Gasteiger partial charge >= 0.3 is 6.09 Å². The van der Waals surface area contributed by atoms with Crippen molar-refractivity contribution >= 4 is 50.6 Å². The van der Waals surface area contributed by atoms with Crippen molar-refractivity contribution in [3.8, 4) is 5.75 Å². The van der Waals surface area contributed by atoms with Crippen LogP contribution in [0, 0.1) is 13.8 Å². The summed E-state index contributed by atoms with van der Waals surface area (Å²) in [5.41, 5.74) is 12.8. The van der Waals surface area contributed by atoms with Gasteiger partial charge in [0.05, 0.1) is 16.7 Å². The molecule has 168 valence electrons. The van der Waals surface area contributed by atoms with Gasteiger partial charge in [-0.1, -0.05) is 42.5 Å². The summed E-state index contributed by atoms with van der Waals surface area (Å²) < 4.78 is 5.55. The van der Waals surface area contributed by atoms with Crippen LogP contribution in [0.1, 0.15) is 11.1 Å². The van der Waals surface area contributed by atoms with Gasteiger partial charge in [0, 0.05) is 40.0 Å². The number of nitrogens with two attached hydrogens (primary N) is 1. The zero-order chi connectivity index (χ0) is 23.7. The predicted molar refractivity (Wildman–Crippen MR) is 139 cm³/mol. The highest BCUT2D eigenvalue weighted by atomic mass is 16.6. The molecule has 6 heteroatoms. The lowest BCUT2D eigenvalue weighted by Crippen LogP contribution is -2.17. The van der Waals surface area contributed by atoms with Gasteiger partial charge in [-0.15, -0.1) is 0 Å². The normalized spacial score (nSPS) is 10.9. The first-order valence-corrected chi connectivity index (χ1v) is 11.0. The molecule has 0 radical (unpaired) electrons. The molecule has 0 aliphatic rings. The Morgan fingerprint density at radius 2 is 1.41 bits per heavy atom. The van der Waals surface area contributed by atoms with Gasteiger partial charge in [-0.3, -0.25) is 5.32 Å². The van der Waals surface area contributed by atoms with Crippen molar-refractivity contribution in [2.75, 3.05) is 16.4 Å². The molecule has 0 saturated carbocycles. The van der Waals surface area contributed by atoms with E-state index in [1.165, 1.54) is 0 Å². The molecule has 5 rings (SSSR count). The van der Waals surface area contributed by atoms with Crippen molar-refractivity contribution in [3.05, 3.63) is 96.1 Å². The van der Waals surface area contributed by atoms with Crippen LogP contribution in [0.25, 0.3) is 21.8 Å². The number of para-hydroxylation sites is 2. The molecule has 4 N–H and O–H groups in total. The molecule has 1 aromatic heterocycles. The molecule has 0 atom stereocenters. The van der Waals surface area contributed by atoms with Gasteiger partial charge in [-0.25, -0.2) is 9.78 Å². The Bertz CT molecular complexity index is 1470. The number of hydrogen-bond acceptors (Lipinski definition) is 5. The summed E-state index contributed by atoms with van der Waals surface area (Å²) in [6, 6.07) is 26.9. The van der Waals surface area contributed by atoms with E-state index in [0.29, 0.717) is 22.8 Å². The van der Waals surface area contributed by atoms with Crippen LogP contribution in [-0.2, 0) is 0 Å². The van der Waals surface area contributed by atoms with Gasteiger partial charge in [0.15, 0.2) is 0 Å². The van der Waals surface area contributed by atoms with Gasteiger partial charge < -0.3 is 15.8 Å². The summed E-state index contributed by atoms with van der Waals surface area (Å²) in [5.74, 6) is 0.340. The minimum atomic E-state index is -0.582. The van der Waals surface area contributed by atoms with E-state index in [9.17, 15) is 4.79 Å². The quantitative estimate of drug-likeness (QED) is 0.205. The summed E-state index contributed by atoms with van der Waals surface area (Å²) >= 11 is 0. The van der Waals surface area contributed by atoms with Crippen LogP contribution in [0.15, 0.2) is 84.9 Å². The lowest BCUT2D eigenvalue weighted by Gasteiger charge is -2.15. The summed E-state index contributed by atoms with van der Waals surface area (Å²) in [5, 5.41) is 8.23. The monoisotopic (exact) mass is 448 g/mol. The van der Waals surface area contributed by atoms with E-state index >= 15 is 0 Å². The third kappa shape index (κ3) is 4.47. The van der Waals surface area contributed by atoms with Crippen LogP contribution in [-0.4, -0.2) is 11.1 Å². The Kier molecular flexibility index (Phi) is 5.47. The van der Waals surface area contributed by atoms with E-state index in [2.05, 4.69) is 10.6 Å². The van der Waals surface area contributed by atoms with Gasteiger partial charge in [-0.2, -0.15) is 0 Å². The number of benzene rings is 4. The number of aromatic nitrogens is 1. The number of ether oxygens (including phenoxy) is 1. The van der Waals surface area contributed by atoms with Crippen molar-refractivity contribution in [2.24, 2.45) is 0 Å². The lowest BCUT2D eigenvalue weighted by molar-refractivity contribution is 0.215. The molecule has 4 aromatic carbocycles. The number of nitrogen functional groups attached to an aromatic ring is 1. The van der Waals surface area contributed by atoms with Crippen LogP contribution in [0.4, 0.5) is 27.5 Å². The second kappa shape index (κ2) is 8.75. The Balaban J connectivity index is 1.45. The van der Waals surface area contributed by atoms with Crippen molar-refractivity contribution in [2.45, 2.75) is 13.8 Å². The van der Waals surface area contributed by atoms with Crippen LogP contribution < -0.4 is 21.1 Å². The molecule has 0 aliphatic carbocycles. The average Bonchev–Trinajstić information content (AvgIpc) is 2.77. The fourth-order valence-electron chi connectivity index (χ4n) is 4.17. The maximum Gasteiger partial charge on any atom is 0.417 e. The SMILES string of the molecule is Cc1cc(C)cc(NC(=O)Oc2cc(N)cc(Nc3c4ccccc4nc4ccccc34)c2)c1.